The molecule has 1 aliphatic heterocycles. The van der Waals surface area contributed by atoms with Crippen molar-refractivity contribution in [2.45, 2.75) is 19.8 Å². The van der Waals surface area contributed by atoms with Gasteiger partial charge in [-0.15, -0.1) is 0 Å². The normalized spacial score (nSPS) is 17.5. The molecule has 2 rings (SSSR count). The van der Waals surface area contributed by atoms with Gasteiger partial charge in [0.1, 0.15) is 0 Å². The van der Waals surface area contributed by atoms with Gasteiger partial charge in [0.15, 0.2) is 0 Å². The number of ether oxygens (including phenoxy) is 1. The van der Waals surface area contributed by atoms with Gasteiger partial charge in [0, 0.05) is 25.2 Å². The summed E-state index contributed by atoms with van der Waals surface area (Å²) in [6.07, 6.45) is 1.08. The van der Waals surface area contributed by atoms with Crippen molar-refractivity contribution in [3.63, 3.8) is 0 Å². The topological polar surface area (TPSA) is 75.7 Å². The van der Waals surface area contributed by atoms with Gasteiger partial charge in [-0.05, 0) is 30.7 Å². The van der Waals surface area contributed by atoms with Crippen LogP contribution in [0.5, 0.6) is 0 Å². The Labute approximate surface area is 129 Å². The molecule has 0 aliphatic carbocycles. The summed E-state index contributed by atoms with van der Waals surface area (Å²) in [5.41, 5.74) is 1.11. The highest BCUT2D eigenvalue weighted by Crippen LogP contribution is 2.25. The molecule has 6 nitrogen and oxygen atoms in total. The molecule has 1 aromatic carbocycles. The molecule has 1 heterocycles. The van der Waals surface area contributed by atoms with Crippen LogP contribution in [0.1, 0.15) is 30.1 Å². The Morgan fingerprint density at radius 2 is 2.00 bits per heavy atom. The number of esters is 1. The van der Waals surface area contributed by atoms with Crippen LogP contribution in [0.3, 0.4) is 0 Å². The lowest BCUT2D eigenvalue weighted by atomic mass is 10.1. The molecule has 1 saturated heterocycles. The Kier molecular flexibility index (Phi) is 5.14. The molecule has 1 aliphatic rings. The van der Waals surface area contributed by atoms with Gasteiger partial charge < -0.3 is 15.0 Å². The van der Waals surface area contributed by atoms with Crippen LogP contribution in [0.2, 0.25) is 0 Å². The van der Waals surface area contributed by atoms with E-state index in [0.29, 0.717) is 24.3 Å². The predicted octanol–water partition coefficient (Wildman–Crippen LogP) is 1.35. The van der Waals surface area contributed by atoms with Crippen LogP contribution in [0.25, 0.3) is 0 Å². The van der Waals surface area contributed by atoms with E-state index in [1.54, 1.807) is 29.2 Å². The average molecular weight is 304 g/mol. The van der Waals surface area contributed by atoms with Crippen molar-refractivity contribution in [1.82, 2.24) is 5.32 Å². The first kappa shape index (κ1) is 16.0. The monoisotopic (exact) mass is 304 g/mol. The number of carbonyl (C=O) groups excluding carboxylic acids is 3. The maximum absolute atomic E-state index is 12.1. The van der Waals surface area contributed by atoms with Crippen molar-refractivity contribution in [2.75, 3.05) is 25.1 Å². The molecule has 2 amide bonds. The summed E-state index contributed by atoms with van der Waals surface area (Å²) in [5, 5.41) is 2.82. The fourth-order valence-corrected chi connectivity index (χ4v) is 2.42. The summed E-state index contributed by atoms with van der Waals surface area (Å²) in [6, 6.07) is 6.60. The van der Waals surface area contributed by atoms with Gasteiger partial charge >= 0.3 is 5.97 Å². The number of nitrogens with zero attached hydrogens (tertiary/aromatic N) is 1. The molecular weight excluding hydrogens is 284 g/mol. The van der Waals surface area contributed by atoms with E-state index in [1.807, 2.05) is 6.92 Å². The van der Waals surface area contributed by atoms with Gasteiger partial charge in [-0.3, -0.25) is 9.59 Å². The van der Waals surface area contributed by atoms with Gasteiger partial charge in [0.25, 0.3) is 0 Å². The maximum Gasteiger partial charge on any atom is 0.337 e. The SMILES string of the molecule is CCCNC(=O)C1CC(=O)N(c2ccc(C(=O)OC)cc2)C1. The van der Waals surface area contributed by atoms with Crippen molar-refractivity contribution in [3.8, 4) is 0 Å². The van der Waals surface area contributed by atoms with E-state index < -0.39 is 5.97 Å². The first-order valence-corrected chi connectivity index (χ1v) is 7.33. The van der Waals surface area contributed by atoms with E-state index in [9.17, 15) is 14.4 Å². The largest absolute Gasteiger partial charge is 0.465 e. The molecule has 0 saturated carbocycles. The summed E-state index contributed by atoms with van der Waals surface area (Å²) >= 11 is 0. The molecule has 0 bridgehead atoms. The smallest absolute Gasteiger partial charge is 0.337 e. The summed E-state index contributed by atoms with van der Waals surface area (Å²) in [5.74, 6) is -0.901. The Balaban J connectivity index is 2.05. The van der Waals surface area contributed by atoms with Crippen molar-refractivity contribution in [3.05, 3.63) is 29.8 Å². The van der Waals surface area contributed by atoms with Crippen molar-refractivity contribution in [2.24, 2.45) is 5.92 Å². The van der Waals surface area contributed by atoms with Gasteiger partial charge in [-0.1, -0.05) is 6.92 Å². The number of nitrogens with one attached hydrogen (secondary N) is 1. The molecule has 1 fully saturated rings. The van der Waals surface area contributed by atoms with Crippen LogP contribution >= 0.6 is 0 Å². The second-order valence-corrected chi connectivity index (χ2v) is 5.23. The minimum Gasteiger partial charge on any atom is -0.465 e. The third-order valence-electron chi connectivity index (χ3n) is 3.65. The lowest BCUT2D eigenvalue weighted by Gasteiger charge is -2.17. The number of carbonyl (C=O) groups is 3. The van der Waals surface area contributed by atoms with E-state index in [1.165, 1.54) is 7.11 Å². The quantitative estimate of drug-likeness (QED) is 0.833. The Morgan fingerprint density at radius 1 is 1.32 bits per heavy atom. The van der Waals surface area contributed by atoms with Crippen molar-refractivity contribution >= 4 is 23.5 Å². The number of hydrogen-bond donors (Lipinski definition) is 1. The number of benzene rings is 1. The van der Waals surface area contributed by atoms with E-state index in [0.717, 1.165) is 6.42 Å². The van der Waals surface area contributed by atoms with E-state index in [2.05, 4.69) is 10.1 Å². The van der Waals surface area contributed by atoms with Gasteiger partial charge in [-0.25, -0.2) is 4.79 Å². The molecule has 1 aromatic rings. The highest BCUT2D eigenvalue weighted by atomic mass is 16.5. The van der Waals surface area contributed by atoms with Gasteiger partial charge in [0.05, 0.1) is 18.6 Å². The number of rotatable bonds is 5. The molecule has 0 radical (unpaired) electrons. The fraction of sp³-hybridized carbons (Fsp3) is 0.438. The standard InChI is InChI=1S/C16H20N2O4/c1-3-8-17-15(20)12-9-14(19)18(10-12)13-6-4-11(5-7-13)16(21)22-2/h4-7,12H,3,8-10H2,1-2H3,(H,17,20). The van der Waals surface area contributed by atoms with Crippen LogP contribution in [-0.2, 0) is 14.3 Å². The molecule has 0 spiro atoms. The van der Waals surface area contributed by atoms with Crippen LogP contribution < -0.4 is 10.2 Å². The first-order chi connectivity index (χ1) is 10.6. The zero-order valence-electron chi connectivity index (χ0n) is 12.8. The van der Waals surface area contributed by atoms with E-state index in [-0.39, 0.29) is 24.2 Å². The summed E-state index contributed by atoms with van der Waals surface area (Å²) < 4.78 is 4.64. The summed E-state index contributed by atoms with van der Waals surface area (Å²) in [4.78, 5) is 37.0. The zero-order valence-corrected chi connectivity index (χ0v) is 12.8. The molecule has 1 N–H and O–H groups in total. The summed E-state index contributed by atoms with van der Waals surface area (Å²) in [7, 11) is 1.32. The Hall–Kier alpha value is -2.37. The Morgan fingerprint density at radius 3 is 2.59 bits per heavy atom. The number of anilines is 1. The van der Waals surface area contributed by atoms with E-state index >= 15 is 0 Å². The van der Waals surface area contributed by atoms with Crippen molar-refractivity contribution < 1.29 is 19.1 Å². The molecule has 6 heteroatoms. The Bertz CT molecular complexity index is 568. The van der Waals surface area contributed by atoms with Crippen LogP contribution in [0, 0.1) is 5.92 Å². The minimum atomic E-state index is -0.420. The van der Waals surface area contributed by atoms with Gasteiger partial charge in [-0.2, -0.15) is 0 Å². The third-order valence-corrected chi connectivity index (χ3v) is 3.65. The van der Waals surface area contributed by atoms with Crippen molar-refractivity contribution in [1.29, 1.82) is 0 Å². The second kappa shape index (κ2) is 7.06. The van der Waals surface area contributed by atoms with Crippen LogP contribution in [0.15, 0.2) is 24.3 Å². The average Bonchev–Trinajstić information content (AvgIpc) is 2.94. The molecule has 22 heavy (non-hydrogen) atoms. The lowest BCUT2D eigenvalue weighted by Crippen LogP contribution is -2.33. The zero-order chi connectivity index (χ0) is 16.1. The fourth-order valence-electron chi connectivity index (χ4n) is 2.42. The maximum atomic E-state index is 12.1. The van der Waals surface area contributed by atoms with Crippen LogP contribution in [-0.4, -0.2) is 38.0 Å². The number of methoxy groups -OCH3 is 1. The first-order valence-electron chi connectivity index (χ1n) is 7.33. The second-order valence-electron chi connectivity index (χ2n) is 5.23. The third kappa shape index (κ3) is 3.44. The number of hydrogen-bond acceptors (Lipinski definition) is 4. The highest BCUT2D eigenvalue weighted by molar-refractivity contribution is 6.00. The molecule has 1 unspecified atom stereocenters. The minimum absolute atomic E-state index is 0.0797. The summed E-state index contributed by atoms with van der Waals surface area (Å²) in [6.45, 7) is 2.97. The van der Waals surface area contributed by atoms with Crippen LogP contribution in [0.4, 0.5) is 5.69 Å². The number of amides is 2. The lowest BCUT2D eigenvalue weighted by molar-refractivity contribution is -0.126. The molecule has 118 valence electrons. The predicted molar refractivity (Wildman–Crippen MR) is 81.5 cm³/mol. The van der Waals surface area contributed by atoms with E-state index in [4.69, 9.17) is 0 Å². The molecule has 0 aromatic heterocycles. The highest BCUT2D eigenvalue weighted by Gasteiger charge is 2.34. The molecular formula is C16H20N2O4. The van der Waals surface area contributed by atoms with Gasteiger partial charge in [0.2, 0.25) is 11.8 Å². The molecule has 1 atom stereocenters.